The topological polar surface area (TPSA) is 72.2 Å². The first kappa shape index (κ1) is 16.0. The molecule has 2 rings (SSSR count). The summed E-state index contributed by atoms with van der Waals surface area (Å²) in [5.41, 5.74) is 7.73. The Hall–Kier alpha value is -1.37. The molecule has 0 saturated carbocycles. The van der Waals surface area contributed by atoms with Gasteiger partial charge < -0.3 is 5.73 Å². The molecule has 0 aliphatic rings. The van der Waals surface area contributed by atoms with Crippen LogP contribution in [-0.2, 0) is 10.0 Å². The second kappa shape index (κ2) is 6.17. The van der Waals surface area contributed by atoms with E-state index in [1.54, 1.807) is 19.1 Å². The fourth-order valence-electron chi connectivity index (χ4n) is 2.06. The van der Waals surface area contributed by atoms with Crippen LogP contribution in [0.5, 0.6) is 0 Å². The summed E-state index contributed by atoms with van der Waals surface area (Å²) >= 11 is 3.28. The SMILES string of the molecule is Cc1c(N)cc(Br)cc1S(=O)(=O)N[C@@H](C)c1ccccc1. The summed E-state index contributed by atoms with van der Waals surface area (Å²) in [7, 11) is -3.64. The lowest BCUT2D eigenvalue weighted by Crippen LogP contribution is -2.27. The van der Waals surface area contributed by atoms with Crippen LogP contribution in [0.2, 0.25) is 0 Å². The van der Waals surface area contributed by atoms with Crippen LogP contribution in [0.15, 0.2) is 51.8 Å². The average molecular weight is 369 g/mol. The minimum atomic E-state index is -3.64. The molecule has 21 heavy (non-hydrogen) atoms. The number of rotatable bonds is 4. The molecule has 4 nitrogen and oxygen atoms in total. The van der Waals surface area contributed by atoms with Gasteiger partial charge in [0.2, 0.25) is 10.0 Å². The highest BCUT2D eigenvalue weighted by Crippen LogP contribution is 2.27. The highest BCUT2D eigenvalue weighted by atomic mass is 79.9. The van der Waals surface area contributed by atoms with Gasteiger partial charge in [0.1, 0.15) is 0 Å². The van der Waals surface area contributed by atoms with Crippen LogP contribution in [0.4, 0.5) is 5.69 Å². The molecule has 0 amide bonds. The summed E-state index contributed by atoms with van der Waals surface area (Å²) in [5.74, 6) is 0. The number of nitrogens with one attached hydrogen (secondary N) is 1. The monoisotopic (exact) mass is 368 g/mol. The smallest absolute Gasteiger partial charge is 0.241 e. The van der Waals surface area contributed by atoms with E-state index in [0.717, 1.165) is 5.56 Å². The van der Waals surface area contributed by atoms with E-state index in [1.165, 1.54) is 0 Å². The predicted octanol–water partition coefficient (Wildman–Crippen LogP) is 3.38. The van der Waals surface area contributed by atoms with E-state index in [2.05, 4.69) is 20.7 Å². The van der Waals surface area contributed by atoms with Gasteiger partial charge in [-0.25, -0.2) is 13.1 Å². The van der Waals surface area contributed by atoms with E-state index < -0.39 is 10.0 Å². The van der Waals surface area contributed by atoms with Gasteiger partial charge in [0.05, 0.1) is 4.90 Å². The van der Waals surface area contributed by atoms with Crippen molar-refractivity contribution in [1.82, 2.24) is 4.72 Å². The Kier molecular flexibility index (Phi) is 4.70. The van der Waals surface area contributed by atoms with E-state index in [9.17, 15) is 8.42 Å². The van der Waals surface area contributed by atoms with Gasteiger partial charge in [0, 0.05) is 16.2 Å². The Morgan fingerprint density at radius 1 is 1.19 bits per heavy atom. The summed E-state index contributed by atoms with van der Waals surface area (Å²) in [6.45, 7) is 3.51. The first-order valence-corrected chi connectivity index (χ1v) is 8.72. The fraction of sp³-hybridized carbons (Fsp3) is 0.200. The lowest BCUT2D eigenvalue weighted by atomic mass is 10.1. The van der Waals surface area contributed by atoms with Crippen molar-refractivity contribution in [2.24, 2.45) is 0 Å². The van der Waals surface area contributed by atoms with Gasteiger partial charge in [-0.05, 0) is 37.1 Å². The Morgan fingerprint density at radius 2 is 1.81 bits per heavy atom. The zero-order valence-corrected chi connectivity index (χ0v) is 14.2. The number of anilines is 1. The normalized spacial score (nSPS) is 13.1. The summed E-state index contributed by atoms with van der Waals surface area (Å²) in [6.07, 6.45) is 0. The molecule has 0 saturated heterocycles. The quantitative estimate of drug-likeness (QED) is 0.812. The number of benzene rings is 2. The van der Waals surface area contributed by atoms with Crippen molar-refractivity contribution >= 4 is 31.6 Å². The molecule has 2 aromatic carbocycles. The van der Waals surface area contributed by atoms with Gasteiger partial charge in [-0.3, -0.25) is 0 Å². The van der Waals surface area contributed by atoms with Crippen LogP contribution in [0, 0.1) is 6.92 Å². The van der Waals surface area contributed by atoms with Crippen molar-refractivity contribution in [3.63, 3.8) is 0 Å². The molecule has 112 valence electrons. The maximum Gasteiger partial charge on any atom is 0.241 e. The minimum absolute atomic E-state index is 0.192. The zero-order chi connectivity index (χ0) is 15.6. The maximum atomic E-state index is 12.6. The lowest BCUT2D eigenvalue weighted by molar-refractivity contribution is 0.566. The number of hydrogen-bond acceptors (Lipinski definition) is 3. The van der Waals surface area contributed by atoms with Crippen LogP contribution >= 0.6 is 15.9 Å². The van der Waals surface area contributed by atoms with Gasteiger partial charge in [0.25, 0.3) is 0 Å². The molecule has 0 fully saturated rings. The van der Waals surface area contributed by atoms with Crippen LogP contribution in [0.1, 0.15) is 24.1 Å². The van der Waals surface area contributed by atoms with E-state index in [-0.39, 0.29) is 10.9 Å². The molecule has 0 heterocycles. The third kappa shape index (κ3) is 3.64. The van der Waals surface area contributed by atoms with Gasteiger partial charge in [-0.1, -0.05) is 46.3 Å². The number of halogens is 1. The van der Waals surface area contributed by atoms with Crippen LogP contribution < -0.4 is 10.5 Å². The van der Waals surface area contributed by atoms with Crippen molar-refractivity contribution < 1.29 is 8.42 Å². The third-order valence-corrected chi connectivity index (χ3v) is 5.41. The van der Waals surface area contributed by atoms with Crippen molar-refractivity contribution in [2.45, 2.75) is 24.8 Å². The number of nitrogen functional groups attached to an aromatic ring is 1. The second-order valence-corrected chi connectivity index (χ2v) is 7.47. The first-order chi connectivity index (χ1) is 9.81. The molecule has 2 aromatic rings. The van der Waals surface area contributed by atoms with E-state index in [1.807, 2.05) is 37.3 Å². The average Bonchev–Trinajstić information content (AvgIpc) is 2.43. The number of hydrogen-bond donors (Lipinski definition) is 2. The zero-order valence-electron chi connectivity index (χ0n) is 11.8. The largest absolute Gasteiger partial charge is 0.398 e. The van der Waals surface area contributed by atoms with Gasteiger partial charge in [-0.2, -0.15) is 0 Å². The highest BCUT2D eigenvalue weighted by Gasteiger charge is 2.21. The molecule has 0 aliphatic heterocycles. The van der Waals surface area contributed by atoms with Gasteiger partial charge in [0.15, 0.2) is 0 Å². The predicted molar refractivity (Wildman–Crippen MR) is 88.5 cm³/mol. The molecule has 0 radical (unpaired) electrons. The third-order valence-electron chi connectivity index (χ3n) is 3.29. The van der Waals surface area contributed by atoms with Crippen LogP contribution in [0.25, 0.3) is 0 Å². The first-order valence-electron chi connectivity index (χ1n) is 6.44. The summed E-state index contributed by atoms with van der Waals surface area (Å²) < 4.78 is 28.4. The van der Waals surface area contributed by atoms with Crippen LogP contribution in [-0.4, -0.2) is 8.42 Å². The number of sulfonamides is 1. The van der Waals surface area contributed by atoms with E-state index >= 15 is 0 Å². The van der Waals surface area contributed by atoms with E-state index in [0.29, 0.717) is 15.7 Å². The van der Waals surface area contributed by atoms with Crippen molar-refractivity contribution in [3.8, 4) is 0 Å². The number of nitrogens with two attached hydrogens (primary N) is 1. The fourth-order valence-corrected chi connectivity index (χ4v) is 4.22. The van der Waals surface area contributed by atoms with Crippen LogP contribution in [0.3, 0.4) is 0 Å². The van der Waals surface area contributed by atoms with Gasteiger partial charge in [-0.15, -0.1) is 0 Å². The Balaban J connectivity index is 2.35. The highest BCUT2D eigenvalue weighted by molar-refractivity contribution is 9.10. The Labute approximate surface area is 133 Å². The van der Waals surface area contributed by atoms with Crippen molar-refractivity contribution in [2.75, 3.05) is 5.73 Å². The minimum Gasteiger partial charge on any atom is -0.398 e. The molecular formula is C15H17BrN2O2S. The molecule has 1 atom stereocenters. The molecule has 0 aromatic heterocycles. The molecule has 6 heteroatoms. The maximum absolute atomic E-state index is 12.6. The lowest BCUT2D eigenvalue weighted by Gasteiger charge is -2.17. The Bertz CT molecular complexity index is 746. The molecular weight excluding hydrogens is 352 g/mol. The van der Waals surface area contributed by atoms with Crippen molar-refractivity contribution in [1.29, 1.82) is 0 Å². The standard InChI is InChI=1S/C15H17BrN2O2S/c1-10-14(17)8-13(16)9-15(10)21(19,20)18-11(2)12-6-4-3-5-7-12/h3-9,11,18H,17H2,1-2H3/t11-/m0/s1. The summed E-state index contributed by atoms with van der Waals surface area (Å²) in [5, 5.41) is 0. The summed E-state index contributed by atoms with van der Waals surface area (Å²) in [6, 6.07) is 12.3. The molecule has 0 aliphatic carbocycles. The summed E-state index contributed by atoms with van der Waals surface area (Å²) in [4.78, 5) is 0.192. The Morgan fingerprint density at radius 3 is 2.43 bits per heavy atom. The molecule has 0 unspecified atom stereocenters. The van der Waals surface area contributed by atoms with E-state index in [4.69, 9.17) is 5.73 Å². The molecule has 0 spiro atoms. The second-order valence-electron chi connectivity index (χ2n) is 4.87. The van der Waals surface area contributed by atoms with Gasteiger partial charge >= 0.3 is 0 Å². The van der Waals surface area contributed by atoms with Crippen molar-refractivity contribution in [3.05, 3.63) is 58.1 Å². The molecule has 3 N–H and O–H groups in total. The molecule has 0 bridgehead atoms.